The van der Waals surface area contributed by atoms with Gasteiger partial charge in [-0.25, -0.2) is 9.37 Å². The van der Waals surface area contributed by atoms with E-state index in [-0.39, 0.29) is 11.7 Å². The van der Waals surface area contributed by atoms with Gasteiger partial charge in [0, 0.05) is 31.5 Å². The summed E-state index contributed by atoms with van der Waals surface area (Å²) in [5.41, 5.74) is 6.11. The topological polar surface area (TPSA) is 49.6 Å². The lowest BCUT2D eigenvalue weighted by Gasteiger charge is -2.31. The summed E-state index contributed by atoms with van der Waals surface area (Å²) in [6.45, 7) is 8.03. The van der Waals surface area contributed by atoms with Crippen LogP contribution in [0.4, 0.5) is 10.1 Å². The van der Waals surface area contributed by atoms with E-state index in [1.807, 2.05) is 42.3 Å². The summed E-state index contributed by atoms with van der Waals surface area (Å²) in [5.74, 6) is -0.185. The lowest BCUT2D eigenvalue weighted by molar-refractivity contribution is 0.0651. The van der Waals surface area contributed by atoms with Crippen LogP contribution in [0.25, 0.3) is 5.65 Å². The largest absolute Gasteiger partial charge is 0.378 e. The van der Waals surface area contributed by atoms with Gasteiger partial charge in [-0.15, -0.1) is 0 Å². The summed E-state index contributed by atoms with van der Waals surface area (Å²) in [6, 6.07) is 6.65. The quantitative estimate of drug-likeness (QED) is 0.763. The molecule has 1 aliphatic rings. The standard InChI is InChI=1S/C21H23FN4O/c1-13-9-18(22)6-5-16(13)11-23-19-10-17(21(27)25-7-4-8-25)12-26-15(3)14(2)24-20(19)26/h5-6,9-10,12,23H,4,7-8,11H2,1-3H3. The molecule has 1 saturated heterocycles. The molecule has 1 aliphatic heterocycles. The SMILES string of the molecule is Cc1cc(F)ccc1CNc1cc(C(=O)N2CCC2)cn2c(C)c(C)nc12. The van der Waals surface area contributed by atoms with E-state index in [2.05, 4.69) is 10.3 Å². The van der Waals surface area contributed by atoms with Gasteiger partial charge in [-0.1, -0.05) is 6.07 Å². The fraction of sp³-hybridized carbons (Fsp3) is 0.333. The number of aryl methyl sites for hydroxylation is 3. The molecule has 3 aromatic rings. The van der Waals surface area contributed by atoms with Crippen molar-refractivity contribution >= 4 is 17.2 Å². The summed E-state index contributed by atoms with van der Waals surface area (Å²) in [4.78, 5) is 19.2. The molecule has 0 unspecified atom stereocenters. The number of likely N-dealkylation sites (tertiary alicyclic amines) is 1. The molecular weight excluding hydrogens is 343 g/mol. The van der Waals surface area contributed by atoms with Gasteiger partial charge in [0.2, 0.25) is 0 Å². The van der Waals surface area contributed by atoms with E-state index >= 15 is 0 Å². The van der Waals surface area contributed by atoms with Crippen molar-refractivity contribution in [1.82, 2.24) is 14.3 Å². The number of aromatic nitrogens is 2. The molecule has 0 saturated carbocycles. The van der Waals surface area contributed by atoms with Crippen molar-refractivity contribution in [2.75, 3.05) is 18.4 Å². The van der Waals surface area contributed by atoms with Crippen LogP contribution in [0, 0.1) is 26.6 Å². The molecule has 0 aliphatic carbocycles. The van der Waals surface area contributed by atoms with E-state index in [1.54, 1.807) is 6.07 Å². The van der Waals surface area contributed by atoms with Gasteiger partial charge in [-0.3, -0.25) is 4.79 Å². The highest BCUT2D eigenvalue weighted by atomic mass is 19.1. The molecule has 2 aromatic heterocycles. The molecule has 1 aromatic carbocycles. The van der Waals surface area contributed by atoms with Crippen molar-refractivity contribution in [2.45, 2.75) is 33.7 Å². The third kappa shape index (κ3) is 3.16. The molecule has 5 nitrogen and oxygen atoms in total. The minimum absolute atomic E-state index is 0.0508. The second kappa shape index (κ2) is 6.68. The minimum Gasteiger partial charge on any atom is -0.378 e. The van der Waals surface area contributed by atoms with Gasteiger partial charge in [0.1, 0.15) is 5.82 Å². The van der Waals surface area contributed by atoms with Crippen LogP contribution in [-0.2, 0) is 6.54 Å². The van der Waals surface area contributed by atoms with E-state index in [9.17, 15) is 9.18 Å². The Labute approximate surface area is 157 Å². The first-order valence-electron chi connectivity index (χ1n) is 9.21. The number of rotatable bonds is 4. The Morgan fingerprint density at radius 1 is 1.22 bits per heavy atom. The van der Waals surface area contributed by atoms with E-state index in [0.717, 1.165) is 53.4 Å². The number of hydrogen-bond acceptors (Lipinski definition) is 3. The predicted octanol–water partition coefficient (Wildman–Crippen LogP) is 3.86. The second-order valence-electron chi connectivity index (χ2n) is 7.19. The van der Waals surface area contributed by atoms with Gasteiger partial charge in [-0.05, 0) is 56.5 Å². The summed E-state index contributed by atoms with van der Waals surface area (Å²) < 4.78 is 15.3. The number of benzene rings is 1. The summed E-state index contributed by atoms with van der Waals surface area (Å²) in [5, 5.41) is 3.40. The third-order valence-electron chi connectivity index (χ3n) is 5.36. The van der Waals surface area contributed by atoms with Crippen LogP contribution in [0.5, 0.6) is 0 Å². The average Bonchev–Trinajstić information content (AvgIpc) is 2.87. The Kier molecular flexibility index (Phi) is 4.34. The molecule has 1 fully saturated rings. The van der Waals surface area contributed by atoms with Crippen molar-refractivity contribution in [2.24, 2.45) is 0 Å². The zero-order chi connectivity index (χ0) is 19.1. The number of imidazole rings is 1. The first-order chi connectivity index (χ1) is 12.9. The van der Waals surface area contributed by atoms with Crippen molar-refractivity contribution in [3.8, 4) is 0 Å². The van der Waals surface area contributed by atoms with E-state index in [4.69, 9.17) is 0 Å². The Morgan fingerprint density at radius 3 is 2.67 bits per heavy atom. The maximum atomic E-state index is 13.3. The number of carbonyl (C=O) groups excluding carboxylic acids is 1. The van der Waals surface area contributed by atoms with Crippen LogP contribution in [0.3, 0.4) is 0 Å². The van der Waals surface area contributed by atoms with Crippen molar-refractivity contribution in [1.29, 1.82) is 0 Å². The molecule has 1 N–H and O–H groups in total. The Bertz CT molecular complexity index is 1040. The Hall–Kier alpha value is -2.89. The number of amides is 1. The third-order valence-corrected chi connectivity index (χ3v) is 5.36. The summed E-state index contributed by atoms with van der Waals surface area (Å²) in [7, 11) is 0. The fourth-order valence-corrected chi connectivity index (χ4v) is 3.37. The van der Waals surface area contributed by atoms with Crippen LogP contribution in [0.15, 0.2) is 30.5 Å². The van der Waals surface area contributed by atoms with Crippen LogP contribution >= 0.6 is 0 Å². The minimum atomic E-state index is -0.236. The Morgan fingerprint density at radius 2 is 2.00 bits per heavy atom. The smallest absolute Gasteiger partial charge is 0.255 e. The molecular formula is C21H23FN4O. The lowest BCUT2D eigenvalue weighted by atomic mass is 10.1. The highest BCUT2D eigenvalue weighted by Gasteiger charge is 2.23. The molecule has 0 spiro atoms. The van der Waals surface area contributed by atoms with Crippen LogP contribution in [0.2, 0.25) is 0 Å². The van der Waals surface area contributed by atoms with Gasteiger partial charge >= 0.3 is 0 Å². The number of halogens is 1. The molecule has 0 atom stereocenters. The maximum absolute atomic E-state index is 13.3. The van der Waals surface area contributed by atoms with Gasteiger partial charge < -0.3 is 14.6 Å². The molecule has 27 heavy (non-hydrogen) atoms. The number of fused-ring (bicyclic) bond motifs is 1. The molecule has 4 rings (SSSR count). The van der Waals surface area contributed by atoms with Gasteiger partial charge in [0.05, 0.1) is 16.9 Å². The number of carbonyl (C=O) groups is 1. The molecule has 0 radical (unpaired) electrons. The highest BCUT2D eigenvalue weighted by Crippen LogP contribution is 2.25. The van der Waals surface area contributed by atoms with Crippen molar-refractivity contribution in [3.05, 3.63) is 64.4 Å². The number of hydrogen-bond donors (Lipinski definition) is 1. The number of nitrogens with one attached hydrogen (secondary N) is 1. The molecule has 140 valence electrons. The summed E-state index contributed by atoms with van der Waals surface area (Å²) >= 11 is 0. The van der Waals surface area contributed by atoms with E-state index in [0.29, 0.717) is 12.1 Å². The van der Waals surface area contributed by atoms with E-state index in [1.165, 1.54) is 12.1 Å². The van der Waals surface area contributed by atoms with Gasteiger partial charge in [-0.2, -0.15) is 0 Å². The van der Waals surface area contributed by atoms with Gasteiger partial charge in [0.15, 0.2) is 5.65 Å². The first-order valence-corrected chi connectivity index (χ1v) is 9.21. The van der Waals surface area contributed by atoms with Crippen LogP contribution in [0.1, 0.15) is 39.3 Å². The zero-order valence-corrected chi connectivity index (χ0v) is 15.8. The number of nitrogens with zero attached hydrogens (tertiary/aromatic N) is 3. The zero-order valence-electron chi connectivity index (χ0n) is 15.8. The Balaban J connectivity index is 1.71. The fourth-order valence-electron chi connectivity index (χ4n) is 3.37. The molecule has 3 heterocycles. The van der Waals surface area contributed by atoms with Crippen LogP contribution < -0.4 is 5.32 Å². The van der Waals surface area contributed by atoms with E-state index < -0.39 is 0 Å². The monoisotopic (exact) mass is 366 g/mol. The molecule has 1 amide bonds. The summed E-state index contributed by atoms with van der Waals surface area (Å²) in [6.07, 6.45) is 2.94. The van der Waals surface area contributed by atoms with Crippen LogP contribution in [-0.4, -0.2) is 33.3 Å². The highest BCUT2D eigenvalue weighted by molar-refractivity contribution is 5.96. The maximum Gasteiger partial charge on any atom is 0.255 e. The average molecular weight is 366 g/mol. The van der Waals surface area contributed by atoms with Gasteiger partial charge in [0.25, 0.3) is 5.91 Å². The molecule has 0 bridgehead atoms. The number of pyridine rings is 1. The number of anilines is 1. The second-order valence-corrected chi connectivity index (χ2v) is 7.19. The lowest BCUT2D eigenvalue weighted by Crippen LogP contribution is -2.42. The predicted molar refractivity (Wildman–Crippen MR) is 104 cm³/mol. The molecule has 6 heteroatoms. The first kappa shape index (κ1) is 17.5. The normalized spacial score (nSPS) is 13.7. The van der Waals surface area contributed by atoms with Crippen molar-refractivity contribution < 1.29 is 9.18 Å². The van der Waals surface area contributed by atoms with Crippen molar-refractivity contribution in [3.63, 3.8) is 0 Å².